The van der Waals surface area contributed by atoms with Gasteiger partial charge in [-0.2, -0.15) is 0 Å². The summed E-state index contributed by atoms with van der Waals surface area (Å²) in [6.07, 6.45) is 2.22. The molecular formula is C28H35N3O5S. The van der Waals surface area contributed by atoms with E-state index in [2.05, 4.69) is 5.32 Å². The first-order valence-electron chi connectivity index (χ1n) is 12.3. The molecule has 0 spiro atoms. The van der Waals surface area contributed by atoms with Crippen molar-refractivity contribution in [1.29, 1.82) is 0 Å². The van der Waals surface area contributed by atoms with Crippen LogP contribution in [0.5, 0.6) is 5.75 Å². The first-order chi connectivity index (χ1) is 17.7. The Hall–Kier alpha value is -3.59. The Labute approximate surface area is 219 Å². The molecule has 3 aromatic rings. The van der Waals surface area contributed by atoms with Gasteiger partial charge in [0.1, 0.15) is 18.3 Å². The van der Waals surface area contributed by atoms with Crippen LogP contribution < -0.4 is 14.4 Å². The zero-order valence-electron chi connectivity index (χ0n) is 21.8. The van der Waals surface area contributed by atoms with Crippen LogP contribution in [0.4, 0.5) is 5.69 Å². The van der Waals surface area contributed by atoms with E-state index in [0.29, 0.717) is 24.4 Å². The van der Waals surface area contributed by atoms with Gasteiger partial charge in [-0.15, -0.1) is 0 Å². The van der Waals surface area contributed by atoms with Gasteiger partial charge in [-0.1, -0.05) is 62.4 Å². The highest BCUT2D eigenvalue weighted by Crippen LogP contribution is 2.29. The van der Waals surface area contributed by atoms with Crippen molar-refractivity contribution >= 4 is 38.3 Å². The van der Waals surface area contributed by atoms with Gasteiger partial charge >= 0.3 is 0 Å². The molecule has 0 saturated heterocycles. The predicted octanol–water partition coefficient (Wildman–Crippen LogP) is 3.95. The van der Waals surface area contributed by atoms with E-state index >= 15 is 0 Å². The largest absolute Gasteiger partial charge is 0.497 e. The Morgan fingerprint density at radius 1 is 1.00 bits per heavy atom. The number of amides is 2. The maximum Gasteiger partial charge on any atom is 0.244 e. The maximum atomic E-state index is 13.9. The molecule has 198 valence electrons. The van der Waals surface area contributed by atoms with Crippen LogP contribution in [0.2, 0.25) is 0 Å². The van der Waals surface area contributed by atoms with Gasteiger partial charge in [0.05, 0.1) is 19.1 Å². The van der Waals surface area contributed by atoms with Gasteiger partial charge in [0.15, 0.2) is 0 Å². The third-order valence-corrected chi connectivity index (χ3v) is 7.26. The van der Waals surface area contributed by atoms with Gasteiger partial charge in [0.25, 0.3) is 0 Å². The van der Waals surface area contributed by atoms with Crippen LogP contribution in [0.3, 0.4) is 0 Å². The fourth-order valence-electron chi connectivity index (χ4n) is 4.27. The summed E-state index contributed by atoms with van der Waals surface area (Å²) in [6.45, 7) is 3.97. The number of nitrogens with zero attached hydrogens (tertiary/aromatic N) is 2. The molecule has 0 aliphatic carbocycles. The first kappa shape index (κ1) is 28.0. The summed E-state index contributed by atoms with van der Waals surface area (Å²) in [5.74, 6) is -0.113. The topological polar surface area (TPSA) is 96.0 Å². The number of ether oxygens (including phenoxy) is 1. The predicted molar refractivity (Wildman–Crippen MR) is 147 cm³/mol. The van der Waals surface area contributed by atoms with Gasteiger partial charge in [0, 0.05) is 18.5 Å². The van der Waals surface area contributed by atoms with Crippen molar-refractivity contribution in [3.63, 3.8) is 0 Å². The zero-order valence-corrected chi connectivity index (χ0v) is 22.6. The maximum absolute atomic E-state index is 13.9. The number of benzene rings is 3. The minimum absolute atomic E-state index is 0.126. The highest BCUT2D eigenvalue weighted by Gasteiger charge is 2.32. The van der Waals surface area contributed by atoms with E-state index in [1.54, 1.807) is 31.4 Å². The monoisotopic (exact) mass is 525 g/mol. The molecule has 3 rings (SSSR count). The molecule has 3 aromatic carbocycles. The lowest BCUT2D eigenvalue weighted by atomic mass is 10.1. The third-order valence-electron chi connectivity index (χ3n) is 6.14. The summed E-state index contributed by atoms with van der Waals surface area (Å²) in [5, 5.41) is 4.46. The van der Waals surface area contributed by atoms with E-state index in [9.17, 15) is 18.0 Å². The molecular weight excluding hydrogens is 490 g/mol. The van der Waals surface area contributed by atoms with Crippen molar-refractivity contribution in [1.82, 2.24) is 10.2 Å². The molecule has 1 N–H and O–H groups in total. The fraction of sp³-hybridized carbons (Fsp3) is 0.357. The molecule has 0 heterocycles. The number of methoxy groups -OCH3 is 1. The molecule has 37 heavy (non-hydrogen) atoms. The average Bonchev–Trinajstić information content (AvgIpc) is 2.89. The second kappa shape index (κ2) is 12.6. The van der Waals surface area contributed by atoms with Crippen LogP contribution in [-0.4, -0.2) is 57.6 Å². The summed E-state index contributed by atoms with van der Waals surface area (Å²) < 4.78 is 32.3. The second-order valence-corrected chi connectivity index (χ2v) is 10.8. The molecule has 1 atom stereocenters. The smallest absolute Gasteiger partial charge is 0.244 e. The molecule has 8 nitrogen and oxygen atoms in total. The Bertz CT molecular complexity index is 1340. The van der Waals surface area contributed by atoms with Crippen LogP contribution in [0, 0.1) is 0 Å². The highest BCUT2D eigenvalue weighted by molar-refractivity contribution is 7.92. The van der Waals surface area contributed by atoms with E-state index in [-0.39, 0.29) is 12.5 Å². The number of anilines is 1. The normalized spacial score (nSPS) is 12.1. The first-order valence-corrected chi connectivity index (χ1v) is 14.2. The van der Waals surface area contributed by atoms with Crippen molar-refractivity contribution < 1.29 is 22.7 Å². The lowest BCUT2D eigenvalue weighted by Crippen LogP contribution is -2.52. The molecule has 9 heteroatoms. The van der Waals surface area contributed by atoms with E-state index in [1.165, 1.54) is 4.90 Å². The Morgan fingerprint density at radius 2 is 1.70 bits per heavy atom. The molecule has 0 bridgehead atoms. The van der Waals surface area contributed by atoms with E-state index in [1.807, 2.05) is 56.3 Å². The highest BCUT2D eigenvalue weighted by atomic mass is 32.2. The Morgan fingerprint density at radius 3 is 2.38 bits per heavy atom. The minimum atomic E-state index is -3.82. The van der Waals surface area contributed by atoms with Crippen molar-refractivity contribution in [2.75, 3.05) is 30.8 Å². The average molecular weight is 526 g/mol. The van der Waals surface area contributed by atoms with Crippen molar-refractivity contribution in [3.05, 3.63) is 72.3 Å². The lowest BCUT2D eigenvalue weighted by molar-refractivity contribution is -0.140. The number of carbonyl (C=O) groups is 2. The van der Waals surface area contributed by atoms with Crippen molar-refractivity contribution in [2.45, 2.75) is 39.3 Å². The number of sulfonamides is 1. The molecule has 0 aliphatic rings. The fourth-order valence-corrected chi connectivity index (χ4v) is 5.14. The van der Waals surface area contributed by atoms with Gasteiger partial charge in [-0.05, 0) is 42.0 Å². The number of fused-ring (bicyclic) bond motifs is 1. The minimum Gasteiger partial charge on any atom is -0.497 e. The summed E-state index contributed by atoms with van der Waals surface area (Å²) in [7, 11) is -2.26. The van der Waals surface area contributed by atoms with Crippen LogP contribution in [-0.2, 0) is 26.2 Å². The quantitative estimate of drug-likeness (QED) is 0.386. The van der Waals surface area contributed by atoms with E-state index in [0.717, 1.165) is 33.3 Å². The number of rotatable bonds is 12. The Balaban J connectivity index is 2.02. The lowest BCUT2D eigenvalue weighted by Gasteiger charge is -2.33. The molecule has 0 aromatic heterocycles. The summed E-state index contributed by atoms with van der Waals surface area (Å²) >= 11 is 0. The standard InChI is InChI=1S/C28H35N3O5S/c1-5-17-29-28(33)25(6-2)30(19-21-11-9-14-23(18-21)36-3)27(32)20-31(37(4,34)35)26-16-10-13-22-12-7-8-15-24(22)26/h7-16,18,25H,5-6,17,19-20H2,1-4H3,(H,29,33)/t25-/m0/s1. The summed E-state index contributed by atoms with van der Waals surface area (Å²) in [6, 6.07) is 19.3. The third kappa shape index (κ3) is 7.01. The molecule has 0 unspecified atom stereocenters. The summed E-state index contributed by atoms with van der Waals surface area (Å²) in [4.78, 5) is 28.4. The molecule has 0 radical (unpaired) electrons. The summed E-state index contributed by atoms with van der Waals surface area (Å²) in [5.41, 5.74) is 1.18. The van der Waals surface area contributed by atoms with Crippen molar-refractivity contribution in [2.24, 2.45) is 0 Å². The number of nitrogens with one attached hydrogen (secondary N) is 1. The second-order valence-electron chi connectivity index (χ2n) is 8.86. The van der Waals surface area contributed by atoms with Gasteiger partial charge < -0.3 is 15.0 Å². The number of hydrogen-bond donors (Lipinski definition) is 1. The van der Waals surface area contributed by atoms with Crippen LogP contribution in [0.15, 0.2) is 66.7 Å². The number of hydrogen-bond acceptors (Lipinski definition) is 5. The van der Waals surface area contributed by atoms with Gasteiger partial charge in [0.2, 0.25) is 21.8 Å². The van der Waals surface area contributed by atoms with Crippen LogP contribution >= 0.6 is 0 Å². The number of carbonyl (C=O) groups excluding carboxylic acids is 2. The van der Waals surface area contributed by atoms with Gasteiger partial charge in [-0.3, -0.25) is 13.9 Å². The molecule has 2 amide bonds. The van der Waals surface area contributed by atoms with Crippen molar-refractivity contribution in [3.8, 4) is 5.75 Å². The molecule has 0 fully saturated rings. The molecule has 0 saturated carbocycles. The SMILES string of the molecule is CCCNC(=O)[C@H](CC)N(Cc1cccc(OC)c1)C(=O)CN(c1cccc2ccccc12)S(C)(=O)=O. The van der Waals surface area contributed by atoms with Crippen LogP contribution in [0.25, 0.3) is 10.8 Å². The van der Waals surface area contributed by atoms with E-state index < -0.39 is 28.5 Å². The van der Waals surface area contributed by atoms with Crippen LogP contribution in [0.1, 0.15) is 32.3 Å². The van der Waals surface area contributed by atoms with Gasteiger partial charge in [-0.25, -0.2) is 8.42 Å². The zero-order chi connectivity index (χ0) is 27.0. The van der Waals surface area contributed by atoms with E-state index in [4.69, 9.17) is 4.74 Å². The Kier molecular flexibility index (Phi) is 9.52. The molecule has 0 aliphatic heterocycles.